The molecule has 5 nitrogen and oxygen atoms in total. The number of hydrogen-bond donors (Lipinski definition) is 1. The Kier molecular flexibility index (Phi) is 5.50. The van der Waals surface area contributed by atoms with Crippen LogP contribution in [0.2, 0.25) is 0 Å². The summed E-state index contributed by atoms with van der Waals surface area (Å²) in [4.78, 5) is 30.9. The highest BCUT2D eigenvalue weighted by Gasteiger charge is 2.19. The molecule has 1 amide bonds. The predicted octanol–water partition coefficient (Wildman–Crippen LogP) is 4.61. The Hall–Kier alpha value is -3.25. The highest BCUT2D eigenvalue weighted by Crippen LogP contribution is 2.27. The highest BCUT2D eigenvalue weighted by atomic mass is 32.1. The molecule has 0 bridgehead atoms. The lowest BCUT2D eigenvalue weighted by Gasteiger charge is -2.19. The number of rotatable bonds is 5. The molecule has 0 saturated carbocycles. The van der Waals surface area contributed by atoms with Crippen molar-refractivity contribution >= 4 is 28.3 Å². The third-order valence-electron chi connectivity index (χ3n) is 5.20. The summed E-state index contributed by atoms with van der Waals surface area (Å²) in [5.74, 6) is -0.176. The van der Waals surface area contributed by atoms with Crippen molar-refractivity contribution in [3.05, 3.63) is 97.6 Å². The van der Waals surface area contributed by atoms with Crippen molar-refractivity contribution in [2.24, 2.45) is 0 Å². The molecule has 0 aliphatic heterocycles. The Morgan fingerprint density at radius 3 is 2.57 bits per heavy atom. The molecule has 1 atom stereocenters. The lowest BCUT2D eigenvalue weighted by atomic mass is 10.0. The summed E-state index contributed by atoms with van der Waals surface area (Å²) in [7, 11) is 0. The monoisotopic (exact) mass is 417 g/mol. The van der Waals surface area contributed by atoms with Crippen LogP contribution in [-0.4, -0.2) is 15.5 Å². The molecule has 0 saturated heterocycles. The molecule has 0 spiro atoms. The normalized spacial score (nSPS) is 12.1. The van der Waals surface area contributed by atoms with Crippen LogP contribution in [-0.2, 0) is 6.54 Å². The third kappa shape index (κ3) is 3.78. The molecule has 152 valence electrons. The van der Waals surface area contributed by atoms with Crippen molar-refractivity contribution in [1.82, 2.24) is 14.9 Å². The molecule has 2 heterocycles. The first-order valence-electron chi connectivity index (χ1n) is 9.90. The van der Waals surface area contributed by atoms with Crippen LogP contribution < -0.4 is 10.9 Å². The second kappa shape index (κ2) is 8.24. The summed E-state index contributed by atoms with van der Waals surface area (Å²) in [6.45, 7) is 6.22. The molecule has 0 fully saturated rings. The summed E-state index contributed by atoms with van der Waals surface area (Å²) < 4.78 is 1.68. The molecule has 0 radical (unpaired) electrons. The van der Waals surface area contributed by atoms with Crippen LogP contribution in [0.25, 0.3) is 11.0 Å². The number of nitrogens with one attached hydrogen (secondary N) is 1. The number of hydrogen-bond acceptors (Lipinski definition) is 4. The zero-order valence-electron chi connectivity index (χ0n) is 17.2. The summed E-state index contributed by atoms with van der Waals surface area (Å²) in [5, 5.41) is 5.18. The fourth-order valence-corrected chi connectivity index (χ4v) is 4.38. The average Bonchev–Trinajstić information content (AvgIpc) is 3.28. The van der Waals surface area contributed by atoms with E-state index in [1.165, 1.54) is 5.56 Å². The predicted molar refractivity (Wildman–Crippen MR) is 121 cm³/mol. The maximum absolute atomic E-state index is 13.1. The smallest absolute Gasteiger partial charge is 0.272 e. The van der Waals surface area contributed by atoms with E-state index >= 15 is 0 Å². The van der Waals surface area contributed by atoms with Gasteiger partial charge in [-0.15, -0.1) is 11.3 Å². The Morgan fingerprint density at radius 2 is 1.90 bits per heavy atom. The van der Waals surface area contributed by atoms with Crippen LogP contribution in [0.4, 0.5) is 0 Å². The highest BCUT2D eigenvalue weighted by molar-refractivity contribution is 7.10. The van der Waals surface area contributed by atoms with Crippen LogP contribution in [0.3, 0.4) is 0 Å². The number of amides is 1. The van der Waals surface area contributed by atoms with Gasteiger partial charge in [-0.3, -0.25) is 9.59 Å². The van der Waals surface area contributed by atoms with Gasteiger partial charge in [-0.1, -0.05) is 35.9 Å². The minimum Gasteiger partial charge on any atom is -0.340 e. The maximum Gasteiger partial charge on any atom is 0.272 e. The molecule has 1 unspecified atom stereocenters. The van der Waals surface area contributed by atoms with E-state index in [0.29, 0.717) is 23.3 Å². The lowest BCUT2D eigenvalue weighted by Crippen LogP contribution is -2.29. The van der Waals surface area contributed by atoms with Gasteiger partial charge in [0.15, 0.2) is 0 Å². The van der Waals surface area contributed by atoms with Crippen molar-refractivity contribution in [2.75, 3.05) is 0 Å². The van der Waals surface area contributed by atoms with Crippen LogP contribution >= 0.6 is 11.3 Å². The molecule has 4 rings (SSSR count). The Bertz CT molecular complexity index is 1260. The van der Waals surface area contributed by atoms with Crippen LogP contribution in [0.1, 0.15) is 45.0 Å². The molecule has 2 aromatic heterocycles. The van der Waals surface area contributed by atoms with Gasteiger partial charge in [0.1, 0.15) is 5.69 Å². The summed E-state index contributed by atoms with van der Waals surface area (Å²) in [6.07, 6.45) is 0. The molecule has 6 heteroatoms. The molecule has 4 aromatic rings. The van der Waals surface area contributed by atoms with E-state index < -0.39 is 0 Å². The van der Waals surface area contributed by atoms with Crippen molar-refractivity contribution in [3.63, 3.8) is 0 Å². The SMILES string of the molecule is CCn1c(=O)c(C)nc2cc(C(=O)NC(c3ccc(C)cc3)c3cccs3)ccc21. The first-order chi connectivity index (χ1) is 14.5. The minimum absolute atomic E-state index is 0.0978. The molecule has 1 N–H and O–H groups in total. The Labute approximate surface area is 179 Å². The second-order valence-corrected chi connectivity index (χ2v) is 8.26. The van der Waals surface area contributed by atoms with Crippen molar-refractivity contribution in [3.8, 4) is 0 Å². The van der Waals surface area contributed by atoms with Gasteiger partial charge in [0.05, 0.1) is 17.1 Å². The number of carbonyl (C=O) groups is 1. The first-order valence-corrected chi connectivity index (χ1v) is 10.8. The van der Waals surface area contributed by atoms with Crippen molar-refractivity contribution in [1.29, 1.82) is 0 Å². The molecular formula is C24H23N3O2S. The number of carbonyl (C=O) groups excluding carboxylic acids is 1. The van der Waals surface area contributed by atoms with Crippen molar-refractivity contribution in [2.45, 2.75) is 33.4 Å². The molecule has 30 heavy (non-hydrogen) atoms. The molecule has 0 aliphatic rings. The second-order valence-electron chi connectivity index (χ2n) is 7.28. The maximum atomic E-state index is 13.1. The van der Waals surface area contributed by atoms with Gasteiger partial charge in [-0.25, -0.2) is 4.98 Å². The van der Waals surface area contributed by atoms with Crippen LogP contribution in [0, 0.1) is 13.8 Å². The largest absolute Gasteiger partial charge is 0.340 e. The molecule has 0 aliphatic carbocycles. The summed E-state index contributed by atoms with van der Waals surface area (Å²) >= 11 is 1.61. The number of fused-ring (bicyclic) bond motifs is 1. The Morgan fingerprint density at radius 1 is 1.13 bits per heavy atom. The third-order valence-corrected chi connectivity index (χ3v) is 6.14. The number of thiophene rings is 1. The van der Waals surface area contributed by atoms with E-state index in [1.54, 1.807) is 41.0 Å². The molecule has 2 aromatic carbocycles. The van der Waals surface area contributed by atoms with E-state index in [4.69, 9.17) is 0 Å². The first kappa shape index (κ1) is 20.0. The molecular weight excluding hydrogens is 394 g/mol. The van der Waals surface area contributed by atoms with Gasteiger partial charge in [0.25, 0.3) is 11.5 Å². The van der Waals surface area contributed by atoms with E-state index in [2.05, 4.69) is 22.4 Å². The summed E-state index contributed by atoms with van der Waals surface area (Å²) in [6, 6.07) is 17.3. The fourth-order valence-electron chi connectivity index (χ4n) is 3.58. The standard InChI is InChI=1S/C24H23N3O2S/c1-4-27-20-12-11-18(14-19(20)25-16(3)24(27)29)23(28)26-22(21-6-5-13-30-21)17-9-7-15(2)8-10-17/h5-14,22H,4H2,1-3H3,(H,26,28). The van der Waals surface area contributed by atoms with E-state index in [0.717, 1.165) is 16.0 Å². The minimum atomic E-state index is -0.229. The fraction of sp³-hybridized carbons (Fsp3) is 0.208. The van der Waals surface area contributed by atoms with E-state index in [9.17, 15) is 9.59 Å². The van der Waals surface area contributed by atoms with Gasteiger partial charge in [-0.05, 0) is 56.0 Å². The topological polar surface area (TPSA) is 64.0 Å². The van der Waals surface area contributed by atoms with Gasteiger partial charge in [0, 0.05) is 17.0 Å². The lowest BCUT2D eigenvalue weighted by molar-refractivity contribution is 0.0943. The average molecular weight is 418 g/mol. The quantitative estimate of drug-likeness (QED) is 0.516. The van der Waals surface area contributed by atoms with E-state index in [-0.39, 0.29) is 17.5 Å². The number of aromatic nitrogens is 2. The van der Waals surface area contributed by atoms with Gasteiger partial charge in [0.2, 0.25) is 0 Å². The van der Waals surface area contributed by atoms with Crippen LogP contribution in [0.5, 0.6) is 0 Å². The van der Waals surface area contributed by atoms with Gasteiger partial charge in [-0.2, -0.15) is 0 Å². The zero-order valence-corrected chi connectivity index (χ0v) is 18.0. The number of aryl methyl sites for hydroxylation is 3. The Balaban J connectivity index is 1.70. The number of nitrogens with zero attached hydrogens (tertiary/aromatic N) is 2. The van der Waals surface area contributed by atoms with Gasteiger partial charge >= 0.3 is 0 Å². The summed E-state index contributed by atoms with van der Waals surface area (Å²) in [5.41, 5.74) is 4.43. The zero-order chi connectivity index (χ0) is 21.3. The van der Waals surface area contributed by atoms with Gasteiger partial charge < -0.3 is 9.88 Å². The van der Waals surface area contributed by atoms with E-state index in [1.807, 2.05) is 43.5 Å². The number of benzene rings is 2. The van der Waals surface area contributed by atoms with Crippen LogP contribution in [0.15, 0.2) is 64.8 Å². The van der Waals surface area contributed by atoms with Crippen molar-refractivity contribution < 1.29 is 4.79 Å².